The first-order chi connectivity index (χ1) is 11.2. The minimum absolute atomic E-state index is 0.223. The molecule has 0 aliphatic carbocycles. The molecular formula is C18H24O5. The van der Waals surface area contributed by atoms with E-state index in [1.54, 1.807) is 7.11 Å². The first-order valence-corrected chi connectivity index (χ1v) is 7.98. The van der Waals surface area contributed by atoms with Crippen molar-refractivity contribution in [3.05, 3.63) is 35.4 Å². The van der Waals surface area contributed by atoms with Gasteiger partial charge in [-0.1, -0.05) is 19.1 Å². The number of hydrogen-bond acceptors (Lipinski definition) is 4. The van der Waals surface area contributed by atoms with E-state index in [2.05, 4.69) is 0 Å². The molecule has 0 amide bonds. The highest BCUT2D eigenvalue weighted by Crippen LogP contribution is 2.27. The van der Waals surface area contributed by atoms with Gasteiger partial charge in [0.15, 0.2) is 6.29 Å². The Morgan fingerprint density at radius 3 is 2.83 bits per heavy atom. The van der Waals surface area contributed by atoms with Crippen LogP contribution in [0.1, 0.15) is 38.2 Å². The summed E-state index contributed by atoms with van der Waals surface area (Å²) in [6.45, 7) is 2.80. The maximum atomic E-state index is 11.5. The van der Waals surface area contributed by atoms with Gasteiger partial charge >= 0.3 is 5.97 Å². The van der Waals surface area contributed by atoms with Crippen LogP contribution in [0.3, 0.4) is 0 Å². The van der Waals surface area contributed by atoms with Crippen LogP contribution in [-0.4, -0.2) is 37.7 Å². The van der Waals surface area contributed by atoms with Gasteiger partial charge in [0.05, 0.1) is 13.2 Å². The Morgan fingerprint density at radius 1 is 1.39 bits per heavy atom. The smallest absolute Gasteiger partial charge is 0.331 e. The second-order valence-corrected chi connectivity index (χ2v) is 5.49. The molecule has 1 aromatic carbocycles. The maximum absolute atomic E-state index is 11.5. The lowest BCUT2D eigenvalue weighted by molar-refractivity contribution is -0.132. The molecule has 1 aromatic rings. The van der Waals surface area contributed by atoms with Crippen LogP contribution in [0.4, 0.5) is 0 Å². The number of carboxylic acids is 1. The average Bonchev–Trinajstić information content (AvgIpc) is 2.55. The average molecular weight is 320 g/mol. The maximum Gasteiger partial charge on any atom is 0.331 e. The Hall–Kier alpha value is -1.85. The van der Waals surface area contributed by atoms with Crippen LogP contribution in [-0.2, 0) is 14.3 Å². The standard InChI is InChI=1S/C18H24O5/c1-3-15(18(19)20)16(12-21-2)13-7-6-8-14(11-13)23-17-9-4-5-10-22-17/h6-8,11,17H,3-5,9-10,12H2,1-2H3,(H,19,20). The molecule has 0 radical (unpaired) electrons. The molecule has 0 saturated carbocycles. The highest BCUT2D eigenvalue weighted by Gasteiger charge is 2.17. The molecule has 1 unspecified atom stereocenters. The Morgan fingerprint density at radius 2 is 2.22 bits per heavy atom. The zero-order valence-corrected chi connectivity index (χ0v) is 13.7. The number of rotatable bonds is 7. The quantitative estimate of drug-likeness (QED) is 0.779. The van der Waals surface area contributed by atoms with Crippen LogP contribution >= 0.6 is 0 Å². The van der Waals surface area contributed by atoms with Crippen molar-refractivity contribution in [2.75, 3.05) is 20.3 Å². The molecule has 0 spiro atoms. The normalized spacial score (nSPS) is 19.1. The van der Waals surface area contributed by atoms with Gasteiger partial charge in [0.25, 0.3) is 0 Å². The van der Waals surface area contributed by atoms with Gasteiger partial charge < -0.3 is 19.3 Å². The third kappa shape index (κ3) is 4.81. The molecule has 5 heteroatoms. The van der Waals surface area contributed by atoms with Crippen molar-refractivity contribution >= 4 is 11.5 Å². The van der Waals surface area contributed by atoms with E-state index < -0.39 is 5.97 Å². The molecule has 1 aliphatic heterocycles. The molecule has 1 N–H and O–H groups in total. The third-order valence-electron chi connectivity index (χ3n) is 3.85. The van der Waals surface area contributed by atoms with E-state index in [-0.39, 0.29) is 12.9 Å². The van der Waals surface area contributed by atoms with Gasteiger partial charge in [-0.05, 0) is 42.5 Å². The van der Waals surface area contributed by atoms with E-state index in [0.29, 0.717) is 23.3 Å². The molecule has 1 aliphatic rings. The van der Waals surface area contributed by atoms with Crippen molar-refractivity contribution in [3.63, 3.8) is 0 Å². The first-order valence-electron chi connectivity index (χ1n) is 7.98. The zero-order chi connectivity index (χ0) is 16.7. The number of hydrogen-bond donors (Lipinski definition) is 1. The zero-order valence-electron chi connectivity index (χ0n) is 13.7. The van der Waals surface area contributed by atoms with Crippen molar-refractivity contribution < 1.29 is 24.1 Å². The van der Waals surface area contributed by atoms with Crippen molar-refractivity contribution in [1.29, 1.82) is 0 Å². The predicted molar refractivity (Wildman–Crippen MR) is 87.4 cm³/mol. The molecule has 23 heavy (non-hydrogen) atoms. The minimum Gasteiger partial charge on any atom is -0.478 e. The highest BCUT2D eigenvalue weighted by molar-refractivity contribution is 5.96. The summed E-state index contributed by atoms with van der Waals surface area (Å²) in [7, 11) is 1.56. The van der Waals surface area contributed by atoms with Crippen molar-refractivity contribution in [3.8, 4) is 5.75 Å². The predicted octanol–water partition coefficient (Wildman–Crippen LogP) is 3.49. The molecule has 1 atom stereocenters. The third-order valence-corrected chi connectivity index (χ3v) is 3.85. The number of benzene rings is 1. The first kappa shape index (κ1) is 17.5. The number of ether oxygens (including phenoxy) is 3. The van der Waals surface area contributed by atoms with Crippen LogP contribution in [0.5, 0.6) is 5.75 Å². The molecule has 1 heterocycles. The van der Waals surface area contributed by atoms with E-state index in [1.165, 1.54) is 0 Å². The fraction of sp³-hybridized carbons (Fsp3) is 0.500. The Labute approximate surface area is 136 Å². The van der Waals surface area contributed by atoms with Crippen LogP contribution in [0, 0.1) is 0 Å². The molecule has 1 fully saturated rings. The molecule has 126 valence electrons. The minimum atomic E-state index is -0.915. The summed E-state index contributed by atoms with van der Waals surface area (Å²) in [5, 5.41) is 9.40. The highest BCUT2D eigenvalue weighted by atomic mass is 16.7. The van der Waals surface area contributed by atoms with E-state index >= 15 is 0 Å². The van der Waals surface area contributed by atoms with Crippen LogP contribution in [0.2, 0.25) is 0 Å². The summed E-state index contributed by atoms with van der Waals surface area (Å²) >= 11 is 0. The van der Waals surface area contributed by atoms with Gasteiger partial charge in [-0.25, -0.2) is 4.79 Å². The van der Waals surface area contributed by atoms with E-state index in [4.69, 9.17) is 14.2 Å². The number of carbonyl (C=O) groups is 1. The summed E-state index contributed by atoms with van der Waals surface area (Å²) in [5.74, 6) is -0.231. The summed E-state index contributed by atoms with van der Waals surface area (Å²) in [6, 6.07) is 7.45. The largest absolute Gasteiger partial charge is 0.478 e. The summed E-state index contributed by atoms with van der Waals surface area (Å²) in [5.41, 5.74) is 1.84. The lowest BCUT2D eigenvalue weighted by Crippen LogP contribution is -2.25. The summed E-state index contributed by atoms with van der Waals surface area (Å²) in [6.07, 6.45) is 3.25. The lowest BCUT2D eigenvalue weighted by Gasteiger charge is -2.23. The summed E-state index contributed by atoms with van der Waals surface area (Å²) < 4.78 is 16.6. The van der Waals surface area contributed by atoms with Crippen LogP contribution in [0.15, 0.2) is 29.8 Å². The van der Waals surface area contributed by atoms with Crippen molar-refractivity contribution in [1.82, 2.24) is 0 Å². The monoisotopic (exact) mass is 320 g/mol. The molecule has 1 saturated heterocycles. The molecule has 2 rings (SSSR count). The lowest BCUT2D eigenvalue weighted by atomic mass is 9.98. The fourth-order valence-electron chi connectivity index (χ4n) is 2.70. The van der Waals surface area contributed by atoms with Crippen molar-refractivity contribution in [2.45, 2.75) is 38.9 Å². The van der Waals surface area contributed by atoms with E-state index in [0.717, 1.165) is 31.4 Å². The fourth-order valence-corrected chi connectivity index (χ4v) is 2.70. The Balaban J connectivity index is 2.26. The van der Waals surface area contributed by atoms with Gasteiger partial charge in [-0.2, -0.15) is 0 Å². The summed E-state index contributed by atoms with van der Waals surface area (Å²) in [4.78, 5) is 11.5. The number of methoxy groups -OCH3 is 1. The van der Waals surface area contributed by atoms with E-state index in [1.807, 2.05) is 31.2 Å². The van der Waals surface area contributed by atoms with Crippen LogP contribution in [0.25, 0.3) is 5.57 Å². The number of carboxylic acid groups (broad SMARTS) is 1. The van der Waals surface area contributed by atoms with Crippen LogP contribution < -0.4 is 4.74 Å². The molecular weight excluding hydrogens is 296 g/mol. The number of aliphatic carboxylic acids is 1. The topological polar surface area (TPSA) is 65.0 Å². The van der Waals surface area contributed by atoms with Gasteiger partial charge in [0, 0.05) is 19.1 Å². The molecule has 0 bridgehead atoms. The van der Waals surface area contributed by atoms with Gasteiger partial charge in [-0.3, -0.25) is 0 Å². The van der Waals surface area contributed by atoms with E-state index in [9.17, 15) is 9.90 Å². The van der Waals surface area contributed by atoms with Gasteiger partial charge in [0.2, 0.25) is 0 Å². The Bertz CT molecular complexity index is 558. The van der Waals surface area contributed by atoms with Crippen molar-refractivity contribution in [2.24, 2.45) is 0 Å². The molecule has 0 aromatic heterocycles. The Kier molecular flexibility index (Phi) is 6.62. The SMILES string of the molecule is CCC(C(=O)O)=C(COC)c1cccc(OC2CCCCO2)c1. The second kappa shape index (κ2) is 8.70. The van der Waals surface area contributed by atoms with Gasteiger partial charge in [0.1, 0.15) is 5.75 Å². The second-order valence-electron chi connectivity index (χ2n) is 5.49. The van der Waals surface area contributed by atoms with Gasteiger partial charge in [-0.15, -0.1) is 0 Å². The molecule has 5 nitrogen and oxygen atoms in total.